The number of carbonyl (C=O) groups is 1. The third-order valence-electron chi connectivity index (χ3n) is 5.97. The largest absolute Gasteiger partial charge is 0.463 e. The van der Waals surface area contributed by atoms with Crippen LogP contribution in [0.3, 0.4) is 0 Å². The molecule has 14 heteroatoms. The number of benzene rings is 1. The number of anilines is 1. The van der Waals surface area contributed by atoms with Crippen LogP contribution in [0.25, 0.3) is 10.9 Å². The molecule has 2 aromatic rings. The molecule has 0 fully saturated rings. The fraction of sp³-hybridized carbons (Fsp3) is 0.440. The van der Waals surface area contributed by atoms with Crippen molar-refractivity contribution in [2.24, 2.45) is 11.8 Å². The molecule has 1 aromatic carbocycles. The number of hydrogen-bond donors (Lipinski definition) is 2. The van der Waals surface area contributed by atoms with E-state index in [0.717, 1.165) is 0 Å². The number of carboxylic acid groups (broad SMARTS) is 1. The van der Waals surface area contributed by atoms with E-state index >= 15 is 0 Å². The average Bonchev–Trinajstić information content (AvgIpc) is 3.14. The van der Waals surface area contributed by atoms with Gasteiger partial charge < -0.3 is 10.4 Å². The summed E-state index contributed by atoms with van der Waals surface area (Å²) in [5.41, 5.74) is 1.81. The lowest BCUT2D eigenvalue weighted by molar-refractivity contribution is 0.194. The van der Waals surface area contributed by atoms with Gasteiger partial charge in [-0.05, 0) is 43.4 Å². The Morgan fingerprint density at radius 3 is 1.92 bits per heavy atom. The zero-order chi connectivity index (χ0) is 29.4. The minimum atomic E-state index is -4.52. The SMILES string of the molecule is CC1=C(C#N)C(c2ccc3c(c2)c(N(S(=O)(=O)CC(C)C)S(=O)(=O)CC(C)C)nn3C(=O)O)C(C#N)=C(C)N1. The Hall–Kier alpha value is -3.88. The zero-order valence-electron chi connectivity index (χ0n) is 22.4. The molecule has 1 aliphatic heterocycles. The second-order valence-corrected chi connectivity index (χ2v) is 14.2. The number of fused-ring (bicyclic) bond motifs is 1. The summed E-state index contributed by atoms with van der Waals surface area (Å²) in [6, 6.07) is 8.46. The van der Waals surface area contributed by atoms with Gasteiger partial charge in [-0.3, -0.25) is 0 Å². The highest BCUT2D eigenvalue weighted by Gasteiger charge is 2.39. The van der Waals surface area contributed by atoms with Crippen molar-refractivity contribution in [2.45, 2.75) is 47.5 Å². The molecule has 208 valence electrons. The summed E-state index contributed by atoms with van der Waals surface area (Å²) in [6.07, 6.45) is -1.55. The summed E-state index contributed by atoms with van der Waals surface area (Å²) >= 11 is 0. The van der Waals surface area contributed by atoms with Crippen molar-refractivity contribution in [3.05, 3.63) is 46.3 Å². The van der Waals surface area contributed by atoms with Crippen LogP contribution in [0, 0.1) is 34.5 Å². The quantitative estimate of drug-likeness (QED) is 0.471. The molecule has 0 bridgehead atoms. The van der Waals surface area contributed by atoms with Crippen LogP contribution in [0.5, 0.6) is 0 Å². The van der Waals surface area contributed by atoms with Gasteiger partial charge in [0.1, 0.15) is 0 Å². The van der Waals surface area contributed by atoms with Crippen molar-refractivity contribution in [3.8, 4) is 12.1 Å². The number of nitrogens with one attached hydrogen (secondary N) is 1. The molecule has 1 aliphatic rings. The number of nitrogens with zero attached hydrogens (tertiary/aromatic N) is 5. The Morgan fingerprint density at radius 1 is 1.03 bits per heavy atom. The first-order valence-corrected chi connectivity index (χ1v) is 15.3. The van der Waals surface area contributed by atoms with Gasteiger partial charge in [-0.2, -0.15) is 15.2 Å². The summed E-state index contributed by atoms with van der Waals surface area (Å²) in [4.78, 5) is 12.0. The van der Waals surface area contributed by atoms with Gasteiger partial charge in [-0.25, -0.2) is 21.6 Å². The van der Waals surface area contributed by atoms with Gasteiger partial charge in [-0.1, -0.05) is 33.8 Å². The highest BCUT2D eigenvalue weighted by Crippen LogP contribution is 2.40. The summed E-state index contributed by atoms with van der Waals surface area (Å²) in [5.74, 6) is -3.37. The zero-order valence-corrected chi connectivity index (χ0v) is 24.1. The molecular formula is C25H30N6O6S2. The Balaban J connectivity index is 2.44. The molecule has 0 aliphatic carbocycles. The number of rotatable bonds is 8. The first kappa shape index (κ1) is 29.7. The van der Waals surface area contributed by atoms with E-state index in [1.807, 2.05) is 0 Å². The van der Waals surface area contributed by atoms with Crippen LogP contribution in [0.4, 0.5) is 10.6 Å². The van der Waals surface area contributed by atoms with E-state index in [9.17, 15) is 37.3 Å². The molecule has 2 N–H and O–H groups in total. The maximum atomic E-state index is 13.5. The Kier molecular flexibility index (Phi) is 8.15. The first-order chi connectivity index (χ1) is 18.0. The molecule has 1 aromatic heterocycles. The van der Waals surface area contributed by atoms with E-state index in [1.165, 1.54) is 18.2 Å². The van der Waals surface area contributed by atoms with Crippen molar-refractivity contribution in [1.82, 2.24) is 15.1 Å². The molecule has 0 saturated heterocycles. The van der Waals surface area contributed by atoms with E-state index in [0.29, 0.717) is 21.6 Å². The molecule has 3 rings (SSSR count). The normalized spacial score (nSPS) is 15.0. The molecular weight excluding hydrogens is 544 g/mol. The van der Waals surface area contributed by atoms with E-state index < -0.39 is 61.2 Å². The van der Waals surface area contributed by atoms with Crippen molar-refractivity contribution in [2.75, 3.05) is 15.2 Å². The number of aromatic nitrogens is 2. The summed E-state index contributed by atoms with van der Waals surface area (Å²) in [6.45, 7) is 9.81. The van der Waals surface area contributed by atoms with Gasteiger partial charge in [0.05, 0.1) is 46.2 Å². The van der Waals surface area contributed by atoms with Crippen molar-refractivity contribution < 1.29 is 26.7 Å². The predicted molar refractivity (Wildman–Crippen MR) is 145 cm³/mol. The van der Waals surface area contributed by atoms with Crippen molar-refractivity contribution >= 4 is 42.9 Å². The number of sulfonamides is 2. The summed E-state index contributed by atoms with van der Waals surface area (Å²) in [5, 5.41) is 36.4. The van der Waals surface area contributed by atoms with Gasteiger partial charge in [0, 0.05) is 16.8 Å². The Morgan fingerprint density at radius 2 is 1.51 bits per heavy atom. The summed E-state index contributed by atoms with van der Waals surface area (Å²) in [7, 11) is -9.05. The summed E-state index contributed by atoms with van der Waals surface area (Å²) < 4.78 is 54.8. The van der Waals surface area contributed by atoms with E-state index in [4.69, 9.17) is 0 Å². The van der Waals surface area contributed by atoms with Crippen LogP contribution in [-0.2, 0) is 20.0 Å². The number of dihydropyridines is 1. The van der Waals surface area contributed by atoms with Gasteiger partial charge in [0.25, 0.3) is 0 Å². The van der Waals surface area contributed by atoms with Crippen LogP contribution >= 0.6 is 0 Å². The van der Waals surface area contributed by atoms with Gasteiger partial charge >= 0.3 is 6.09 Å². The van der Waals surface area contributed by atoms with E-state index in [2.05, 4.69) is 22.6 Å². The van der Waals surface area contributed by atoms with Crippen LogP contribution in [-0.4, -0.2) is 49.3 Å². The lowest BCUT2D eigenvalue weighted by Gasteiger charge is -2.26. The maximum Gasteiger partial charge on any atom is 0.432 e. The van der Waals surface area contributed by atoms with Crippen LogP contribution in [0.15, 0.2) is 40.7 Å². The lowest BCUT2D eigenvalue weighted by Crippen LogP contribution is -2.42. The minimum Gasteiger partial charge on any atom is -0.463 e. The average molecular weight is 575 g/mol. The topological polar surface area (TPSA) is 186 Å². The number of nitriles is 2. The first-order valence-electron chi connectivity index (χ1n) is 12.1. The highest BCUT2D eigenvalue weighted by molar-refractivity contribution is 8.10. The molecule has 0 radical (unpaired) electrons. The molecule has 2 heterocycles. The maximum absolute atomic E-state index is 13.5. The Bertz CT molecular complexity index is 1630. The highest BCUT2D eigenvalue weighted by atomic mass is 32.3. The molecule has 0 amide bonds. The molecule has 39 heavy (non-hydrogen) atoms. The molecule has 12 nitrogen and oxygen atoms in total. The predicted octanol–water partition coefficient (Wildman–Crippen LogP) is 3.62. The standard InChI is InChI=1S/C25H30N6O6S2/c1-14(2)12-38(34,35)31(39(36,37)13-15(3)4)24-19-9-18(7-8-22(19)30(29-24)25(32)33)23-20(10-26)16(5)28-17(6)21(23)11-27/h7-9,14-15,23,28H,12-13H2,1-6H3,(H,32,33). The molecule has 0 spiro atoms. The smallest absolute Gasteiger partial charge is 0.432 e. The van der Waals surface area contributed by atoms with Crippen LogP contribution in [0.2, 0.25) is 0 Å². The second kappa shape index (κ2) is 10.7. The van der Waals surface area contributed by atoms with Gasteiger partial charge in [-0.15, -0.1) is 8.81 Å². The second-order valence-electron chi connectivity index (χ2n) is 10.2. The van der Waals surface area contributed by atoms with Gasteiger partial charge in [0.2, 0.25) is 20.0 Å². The molecule has 0 atom stereocenters. The fourth-order valence-corrected chi connectivity index (χ4v) is 9.12. The Labute approximate surface area is 227 Å². The minimum absolute atomic E-state index is 0.0573. The van der Waals surface area contributed by atoms with E-state index in [1.54, 1.807) is 41.5 Å². The van der Waals surface area contributed by atoms with Crippen LogP contribution in [0.1, 0.15) is 53.0 Å². The monoisotopic (exact) mass is 574 g/mol. The molecule has 0 saturated carbocycles. The lowest BCUT2D eigenvalue weighted by atomic mass is 9.81. The molecule has 0 unspecified atom stereocenters. The van der Waals surface area contributed by atoms with Gasteiger partial charge in [0.15, 0.2) is 5.82 Å². The fourth-order valence-electron chi connectivity index (χ4n) is 4.62. The van der Waals surface area contributed by atoms with Crippen molar-refractivity contribution in [3.63, 3.8) is 0 Å². The third-order valence-corrected chi connectivity index (χ3v) is 10.9. The van der Waals surface area contributed by atoms with E-state index in [-0.39, 0.29) is 25.8 Å². The van der Waals surface area contributed by atoms with Crippen molar-refractivity contribution in [1.29, 1.82) is 10.5 Å². The number of allylic oxidation sites excluding steroid dienone is 4. The van der Waals surface area contributed by atoms with Crippen LogP contribution < -0.4 is 9.03 Å². The number of hydrogen-bond acceptors (Lipinski definition) is 9. The third kappa shape index (κ3) is 5.62.